The van der Waals surface area contributed by atoms with E-state index in [1.807, 2.05) is 0 Å². The average molecular weight is 395 g/mol. The molecule has 1 saturated heterocycles. The van der Waals surface area contributed by atoms with Crippen LogP contribution in [0.1, 0.15) is 12.8 Å². The van der Waals surface area contributed by atoms with Crippen LogP contribution in [0.5, 0.6) is 0 Å². The molecule has 134 valence electrons. The van der Waals surface area contributed by atoms with E-state index in [0.717, 1.165) is 10.6 Å². The minimum absolute atomic E-state index is 0.0359. The smallest absolute Gasteiger partial charge is 0.232 e. The molecule has 1 aromatic carbocycles. The van der Waals surface area contributed by atoms with Crippen molar-refractivity contribution in [3.63, 3.8) is 0 Å². The molecule has 7 nitrogen and oxygen atoms in total. The lowest BCUT2D eigenvalue weighted by Crippen LogP contribution is -2.39. The standard InChI is InChI=1S/C14H19ClN2O5S2/c1-23(19,20)17(13-4-2-11(15)3-5-13)8-6-14(18)16-12-7-9-24(21,22)10-12/h2-5,12H,6-10H2,1H3,(H,16,18). The van der Waals surface area contributed by atoms with E-state index in [1.54, 1.807) is 24.3 Å². The Balaban J connectivity index is 1.98. The molecule has 0 saturated carbocycles. The van der Waals surface area contributed by atoms with Gasteiger partial charge in [-0.1, -0.05) is 11.6 Å². The van der Waals surface area contributed by atoms with Gasteiger partial charge in [0.2, 0.25) is 15.9 Å². The molecule has 1 aliphatic rings. The first kappa shape index (κ1) is 19.0. The summed E-state index contributed by atoms with van der Waals surface area (Å²) in [5.41, 5.74) is 0.415. The second-order valence-electron chi connectivity index (χ2n) is 5.73. The van der Waals surface area contributed by atoms with Crippen molar-refractivity contribution >= 4 is 43.1 Å². The van der Waals surface area contributed by atoms with Crippen molar-refractivity contribution in [2.75, 3.05) is 28.6 Å². The zero-order valence-electron chi connectivity index (χ0n) is 13.1. The fourth-order valence-electron chi connectivity index (χ4n) is 2.51. The number of halogens is 1. The van der Waals surface area contributed by atoms with Gasteiger partial charge in [0.1, 0.15) is 0 Å². The van der Waals surface area contributed by atoms with Gasteiger partial charge >= 0.3 is 0 Å². The van der Waals surface area contributed by atoms with Gasteiger partial charge in [0.15, 0.2) is 9.84 Å². The fraction of sp³-hybridized carbons (Fsp3) is 0.500. The lowest BCUT2D eigenvalue weighted by molar-refractivity contribution is -0.121. The largest absolute Gasteiger partial charge is 0.352 e. The number of hydrogen-bond donors (Lipinski definition) is 1. The van der Waals surface area contributed by atoms with Crippen LogP contribution in [0.15, 0.2) is 24.3 Å². The number of amides is 1. The SMILES string of the molecule is CS(=O)(=O)N(CCC(=O)NC1CCS(=O)(=O)C1)c1ccc(Cl)cc1. The van der Waals surface area contributed by atoms with Crippen molar-refractivity contribution < 1.29 is 21.6 Å². The van der Waals surface area contributed by atoms with Gasteiger partial charge in [0, 0.05) is 24.0 Å². The molecule has 0 aliphatic carbocycles. The summed E-state index contributed by atoms with van der Waals surface area (Å²) in [5, 5.41) is 3.12. The normalized spacial score (nSPS) is 19.8. The molecule has 10 heteroatoms. The number of nitrogens with one attached hydrogen (secondary N) is 1. The van der Waals surface area contributed by atoms with Gasteiger partial charge in [0.05, 0.1) is 23.4 Å². The summed E-state index contributed by atoms with van der Waals surface area (Å²) in [6.07, 6.45) is 1.39. The van der Waals surface area contributed by atoms with Crippen LogP contribution in [0.25, 0.3) is 0 Å². The highest BCUT2D eigenvalue weighted by Crippen LogP contribution is 2.20. The minimum atomic E-state index is -3.56. The fourth-order valence-corrected chi connectivity index (χ4v) is 5.23. The Labute approximate surface area is 147 Å². The summed E-state index contributed by atoms with van der Waals surface area (Å²) >= 11 is 5.80. The number of carbonyl (C=O) groups is 1. The summed E-state index contributed by atoms with van der Waals surface area (Å²) in [7, 11) is -6.63. The Kier molecular flexibility index (Phi) is 5.77. The molecular formula is C14H19ClN2O5S2. The zero-order chi connectivity index (χ0) is 18.0. The Morgan fingerprint density at radius 1 is 1.33 bits per heavy atom. The Morgan fingerprint density at radius 3 is 2.46 bits per heavy atom. The molecule has 1 aromatic rings. The third-order valence-corrected chi connectivity index (χ3v) is 6.87. The topological polar surface area (TPSA) is 101 Å². The van der Waals surface area contributed by atoms with E-state index in [-0.39, 0.29) is 30.4 Å². The van der Waals surface area contributed by atoms with Gasteiger partial charge in [-0.3, -0.25) is 9.10 Å². The molecule has 0 radical (unpaired) electrons. The predicted octanol–water partition coefficient (Wildman–Crippen LogP) is 0.799. The summed E-state index contributed by atoms with van der Waals surface area (Å²) < 4.78 is 47.8. The third kappa shape index (κ3) is 5.35. The first-order valence-electron chi connectivity index (χ1n) is 7.30. The van der Waals surface area contributed by atoms with Gasteiger partial charge in [-0.2, -0.15) is 0 Å². The van der Waals surface area contributed by atoms with E-state index < -0.39 is 25.9 Å². The first-order chi connectivity index (χ1) is 11.1. The molecule has 1 heterocycles. The maximum atomic E-state index is 12.0. The van der Waals surface area contributed by atoms with Crippen molar-refractivity contribution in [2.24, 2.45) is 0 Å². The van der Waals surface area contributed by atoms with Crippen LogP contribution in [0.3, 0.4) is 0 Å². The van der Waals surface area contributed by atoms with E-state index >= 15 is 0 Å². The van der Waals surface area contributed by atoms with E-state index in [0.29, 0.717) is 17.1 Å². The third-order valence-electron chi connectivity index (χ3n) is 3.65. The molecule has 1 amide bonds. The van der Waals surface area contributed by atoms with Crippen molar-refractivity contribution in [2.45, 2.75) is 18.9 Å². The summed E-state index contributed by atoms with van der Waals surface area (Å²) in [4.78, 5) is 12.0. The van der Waals surface area contributed by atoms with Gasteiger partial charge in [-0.15, -0.1) is 0 Å². The highest BCUT2D eigenvalue weighted by Gasteiger charge is 2.29. The molecule has 1 N–H and O–H groups in total. The maximum absolute atomic E-state index is 12.0. The number of rotatable bonds is 6. The maximum Gasteiger partial charge on any atom is 0.232 e. The summed E-state index contributed by atoms with van der Waals surface area (Å²) in [6, 6.07) is 5.86. The van der Waals surface area contributed by atoms with Gasteiger partial charge in [-0.05, 0) is 30.7 Å². The van der Waals surface area contributed by atoms with E-state index in [4.69, 9.17) is 11.6 Å². The van der Waals surface area contributed by atoms with Crippen LogP contribution in [-0.4, -0.2) is 53.1 Å². The molecule has 2 rings (SSSR count). The minimum Gasteiger partial charge on any atom is -0.352 e. The highest BCUT2D eigenvalue weighted by atomic mass is 35.5. The zero-order valence-corrected chi connectivity index (χ0v) is 15.5. The first-order valence-corrected chi connectivity index (χ1v) is 11.3. The number of nitrogens with zero attached hydrogens (tertiary/aromatic N) is 1. The summed E-state index contributed by atoms with van der Waals surface area (Å²) in [5.74, 6) is -0.371. The molecule has 0 spiro atoms. The number of carbonyl (C=O) groups excluding carboxylic acids is 1. The summed E-state index contributed by atoms with van der Waals surface area (Å²) in [6.45, 7) is -0.0359. The van der Waals surface area contributed by atoms with Crippen molar-refractivity contribution in [1.82, 2.24) is 5.32 Å². The Morgan fingerprint density at radius 2 is 1.96 bits per heavy atom. The number of benzene rings is 1. The van der Waals surface area contributed by atoms with Gasteiger partial charge < -0.3 is 5.32 Å². The molecule has 1 unspecified atom stereocenters. The molecular weight excluding hydrogens is 376 g/mol. The quantitative estimate of drug-likeness (QED) is 0.769. The van der Waals surface area contributed by atoms with E-state index in [1.165, 1.54) is 0 Å². The predicted molar refractivity (Wildman–Crippen MR) is 93.5 cm³/mol. The Bertz CT molecular complexity index is 806. The molecule has 24 heavy (non-hydrogen) atoms. The second kappa shape index (κ2) is 7.28. The number of hydrogen-bond acceptors (Lipinski definition) is 5. The van der Waals surface area contributed by atoms with Crippen molar-refractivity contribution in [1.29, 1.82) is 0 Å². The van der Waals surface area contributed by atoms with Gasteiger partial charge in [0.25, 0.3) is 0 Å². The molecule has 1 fully saturated rings. The number of sulfone groups is 1. The second-order valence-corrected chi connectivity index (χ2v) is 10.3. The number of anilines is 1. The van der Waals surface area contributed by atoms with E-state index in [2.05, 4.69) is 5.32 Å². The van der Waals surface area contributed by atoms with Crippen LogP contribution in [0.4, 0.5) is 5.69 Å². The van der Waals surface area contributed by atoms with Crippen LogP contribution in [0.2, 0.25) is 5.02 Å². The van der Waals surface area contributed by atoms with Crippen molar-refractivity contribution in [3.05, 3.63) is 29.3 Å². The monoisotopic (exact) mass is 394 g/mol. The highest BCUT2D eigenvalue weighted by molar-refractivity contribution is 7.92. The van der Waals surface area contributed by atoms with Crippen molar-refractivity contribution in [3.8, 4) is 0 Å². The molecule has 1 aliphatic heterocycles. The lowest BCUT2D eigenvalue weighted by atomic mass is 10.2. The van der Waals surface area contributed by atoms with Crippen LogP contribution in [-0.2, 0) is 24.7 Å². The van der Waals surface area contributed by atoms with Crippen LogP contribution >= 0.6 is 11.6 Å². The van der Waals surface area contributed by atoms with E-state index in [9.17, 15) is 21.6 Å². The lowest BCUT2D eigenvalue weighted by Gasteiger charge is -2.22. The molecule has 0 bridgehead atoms. The Hall–Kier alpha value is -1.32. The van der Waals surface area contributed by atoms with Crippen LogP contribution < -0.4 is 9.62 Å². The van der Waals surface area contributed by atoms with Gasteiger partial charge in [-0.25, -0.2) is 16.8 Å². The van der Waals surface area contributed by atoms with Crippen LogP contribution in [0, 0.1) is 0 Å². The molecule has 1 atom stereocenters. The average Bonchev–Trinajstić information content (AvgIpc) is 2.78. The number of sulfonamides is 1. The molecule has 0 aromatic heterocycles.